The van der Waals surface area contributed by atoms with Gasteiger partial charge in [0.2, 0.25) is 0 Å². The molecule has 23 heavy (non-hydrogen) atoms. The van der Waals surface area contributed by atoms with Gasteiger partial charge in [-0.15, -0.1) is 0 Å². The van der Waals surface area contributed by atoms with Gasteiger partial charge < -0.3 is 9.52 Å². The van der Waals surface area contributed by atoms with Gasteiger partial charge in [-0.1, -0.05) is 0 Å². The molecule has 0 unspecified atom stereocenters. The van der Waals surface area contributed by atoms with Crippen LogP contribution in [0.2, 0.25) is 0 Å². The average molecular weight is 327 g/mol. The predicted octanol–water partition coefficient (Wildman–Crippen LogP) is 4.22. The lowest BCUT2D eigenvalue weighted by Crippen LogP contribution is -2.26. The minimum Gasteiger partial charge on any atom is -0.504 e. The molecule has 1 N–H and O–H groups in total. The van der Waals surface area contributed by atoms with Crippen LogP contribution in [0.25, 0.3) is 5.76 Å². The summed E-state index contributed by atoms with van der Waals surface area (Å²) in [5.41, 5.74) is -0.983. The highest BCUT2D eigenvalue weighted by molar-refractivity contribution is 6.20. The number of halogens is 4. The van der Waals surface area contributed by atoms with Crippen molar-refractivity contribution in [1.29, 1.82) is 0 Å². The maximum Gasteiger partial charge on any atom is 0.455 e. The van der Waals surface area contributed by atoms with Gasteiger partial charge in [0.15, 0.2) is 11.5 Å². The number of benzene rings is 1. The van der Waals surface area contributed by atoms with Crippen LogP contribution in [-0.2, 0) is 4.79 Å². The topological polar surface area (TPSA) is 62.8 Å². The standard InChI is InChI=1S/C15H9F4NO3/c16-9-3-5-10(6-4-9)20-8-11(14(22)15(17,18)19)13(21)12-2-1-7-23-12/h1-8,21H/b13-11-,20-8?. The number of carbonyl (C=O) groups is 1. The van der Waals surface area contributed by atoms with Crippen LogP contribution in [0.3, 0.4) is 0 Å². The van der Waals surface area contributed by atoms with Crippen LogP contribution >= 0.6 is 0 Å². The van der Waals surface area contributed by atoms with Crippen molar-refractivity contribution in [3.05, 3.63) is 59.8 Å². The molecule has 0 spiro atoms. The van der Waals surface area contributed by atoms with Crippen molar-refractivity contribution >= 4 is 23.4 Å². The molecule has 120 valence electrons. The third kappa shape index (κ3) is 4.06. The molecule has 0 atom stereocenters. The van der Waals surface area contributed by atoms with Gasteiger partial charge in [-0.25, -0.2) is 4.39 Å². The average Bonchev–Trinajstić information content (AvgIpc) is 3.02. The number of furan rings is 1. The van der Waals surface area contributed by atoms with Crippen molar-refractivity contribution in [3.8, 4) is 0 Å². The lowest BCUT2D eigenvalue weighted by Gasteiger charge is -2.07. The molecule has 0 aliphatic carbocycles. The number of rotatable bonds is 4. The number of aliphatic hydroxyl groups is 1. The molecule has 8 heteroatoms. The van der Waals surface area contributed by atoms with Crippen molar-refractivity contribution in [2.45, 2.75) is 6.18 Å². The second-order valence-corrected chi connectivity index (χ2v) is 4.30. The molecule has 0 radical (unpaired) electrons. The number of nitrogens with zero attached hydrogens (tertiary/aromatic N) is 1. The summed E-state index contributed by atoms with van der Waals surface area (Å²) in [5.74, 6) is -4.15. The number of allylic oxidation sites excluding steroid dienone is 1. The van der Waals surface area contributed by atoms with E-state index in [9.17, 15) is 27.5 Å². The smallest absolute Gasteiger partial charge is 0.455 e. The third-order valence-corrected chi connectivity index (χ3v) is 2.68. The maximum atomic E-state index is 12.8. The van der Waals surface area contributed by atoms with Crippen LogP contribution in [-0.4, -0.2) is 23.3 Å². The van der Waals surface area contributed by atoms with Crippen molar-refractivity contribution < 1.29 is 31.9 Å². The molecule has 2 rings (SSSR count). The number of ketones is 1. The fourth-order valence-corrected chi connectivity index (χ4v) is 1.59. The molecule has 0 saturated carbocycles. The fourth-order valence-electron chi connectivity index (χ4n) is 1.59. The van der Waals surface area contributed by atoms with E-state index < -0.39 is 29.1 Å². The van der Waals surface area contributed by atoms with Crippen molar-refractivity contribution in [2.75, 3.05) is 0 Å². The largest absolute Gasteiger partial charge is 0.504 e. The Morgan fingerprint density at radius 1 is 1.17 bits per heavy atom. The minimum atomic E-state index is -5.20. The van der Waals surface area contributed by atoms with Gasteiger partial charge in [-0.3, -0.25) is 9.79 Å². The van der Waals surface area contributed by atoms with Crippen molar-refractivity contribution in [1.82, 2.24) is 0 Å². The molecule has 0 aliphatic rings. The number of carbonyl (C=O) groups excluding carboxylic acids is 1. The van der Waals surface area contributed by atoms with Crippen LogP contribution in [0.15, 0.2) is 57.6 Å². The van der Waals surface area contributed by atoms with E-state index in [4.69, 9.17) is 4.42 Å². The highest BCUT2D eigenvalue weighted by atomic mass is 19.4. The second-order valence-electron chi connectivity index (χ2n) is 4.30. The van der Waals surface area contributed by atoms with Crippen LogP contribution in [0.5, 0.6) is 0 Å². The van der Waals surface area contributed by atoms with Crippen LogP contribution in [0, 0.1) is 5.82 Å². The first-order chi connectivity index (χ1) is 10.8. The van der Waals surface area contributed by atoms with Crippen LogP contribution in [0.1, 0.15) is 5.76 Å². The Bertz CT molecular complexity index is 744. The highest BCUT2D eigenvalue weighted by Gasteiger charge is 2.42. The Balaban J connectivity index is 2.44. The zero-order valence-electron chi connectivity index (χ0n) is 11.3. The monoisotopic (exact) mass is 327 g/mol. The number of hydrogen-bond donors (Lipinski definition) is 1. The van der Waals surface area contributed by atoms with E-state index in [1.54, 1.807) is 0 Å². The number of alkyl halides is 3. The third-order valence-electron chi connectivity index (χ3n) is 2.68. The SMILES string of the molecule is O=C(/C(C=Nc1ccc(F)cc1)=C(\O)c1ccco1)C(F)(F)F. The summed E-state index contributed by atoms with van der Waals surface area (Å²) < 4.78 is 55.5. The lowest BCUT2D eigenvalue weighted by atomic mass is 10.1. The van der Waals surface area contributed by atoms with Crippen molar-refractivity contribution in [2.24, 2.45) is 4.99 Å². The second kappa shape index (κ2) is 6.47. The Morgan fingerprint density at radius 3 is 2.35 bits per heavy atom. The zero-order valence-corrected chi connectivity index (χ0v) is 11.3. The van der Waals surface area contributed by atoms with E-state index >= 15 is 0 Å². The number of hydrogen-bond acceptors (Lipinski definition) is 4. The molecule has 0 bridgehead atoms. The molecule has 2 aromatic rings. The molecular weight excluding hydrogens is 318 g/mol. The Morgan fingerprint density at radius 2 is 1.83 bits per heavy atom. The maximum absolute atomic E-state index is 12.8. The Hall–Kier alpha value is -2.90. The van der Waals surface area contributed by atoms with Gasteiger partial charge in [-0.05, 0) is 36.4 Å². The molecule has 1 aromatic heterocycles. The van der Waals surface area contributed by atoms with Gasteiger partial charge in [0, 0.05) is 6.21 Å². The van der Waals surface area contributed by atoms with E-state index in [2.05, 4.69) is 4.99 Å². The van der Waals surface area contributed by atoms with Gasteiger partial charge in [0.05, 0.1) is 17.5 Å². The molecule has 0 saturated heterocycles. The first-order valence-corrected chi connectivity index (χ1v) is 6.17. The summed E-state index contributed by atoms with van der Waals surface area (Å²) in [6.45, 7) is 0. The molecule has 0 fully saturated rings. The molecular formula is C15H9F4NO3. The summed E-state index contributed by atoms with van der Waals surface area (Å²) in [5, 5.41) is 9.84. The summed E-state index contributed by atoms with van der Waals surface area (Å²) in [6.07, 6.45) is -3.52. The van der Waals surface area contributed by atoms with E-state index in [0.29, 0.717) is 6.21 Å². The predicted molar refractivity (Wildman–Crippen MR) is 73.9 cm³/mol. The molecule has 1 heterocycles. The zero-order chi connectivity index (χ0) is 17.0. The van der Waals surface area contributed by atoms with Gasteiger partial charge >= 0.3 is 6.18 Å². The van der Waals surface area contributed by atoms with E-state index in [-0.39, 0.29) is 11.4 Å². The summed E-state index contributed by atoms with van der Waals surface area (Å²) >= 11 is 0. The van der Waals surface area contributed by atoms with Crippen LogP contribution < -0.4 is 0 Å². The van der Waals surface area contributed by atoms with Gasteiger partial charge in [-0.2, -0.15) is 13.2 Å². The first kappa shape index (κ1) is 16.5. The fraction of sp³-hybridized carbons (Fsp3) is 0.0667. The summed E-state index contributed by atoms with van der Waals surface area (Å²) in [4.78, 5) is 15.1. The van der Waals surface area contributed by atoms with E-state index in [0.717, 1.165) is 18.4 Å². The Labute approximate surface area is 127 Å². The van der Waals surface area contributed by atoms with E-state index in [1.807, 2.05) is 0 Å². The molecule has 0 aliphatic heterocycles. The summed E-state index contributed by atoms with van der Waals surface area (Å²) in [7, 11) is 0. The molecule has 1 aromatic carbocycles. The quantitative estimate of drug-likeness (QED) is 0.396. The Kier molecular flexibility index (Phi) is 4.63. The normalized spacial score (nSPS) is 13.2. The molecule has 4 nitrogen and oxygen atoms in total. The van der Waals surface area contributed by atoms with Crippen molar-refractivity contribution in [3.63, 3.8) is 0 Å². The van der Waals surface area contributed by atoms with E-state index in [1.165, 1.54) is 24.3 Å². The number of aliphatic hydroxyl groups excluding tert-OH is 1. The first-order valence-electron chi connectivity index (χ1n) is 6.17. The molecule has 0 amide bonds. The lowest BCUT2D eigenvalue weighted by molar-refractivity contribution is -0.165. The number of Topliss-reactive ketones (excluding diaryl/α,β-unsaturated/α-hetero) is 1. The minimum absolute atomic E-state index is 0.103. The van der Waals surface area contributed by atoms with Gasteiger partial charge in [0.25, 0.3) is 5.78 Å². The van der Waals surface area contributed by atoms with Gasteiger partial charge in [0.1, 0.15) is 5.82 Å². The highest BCUT2D eigenvalue weighted by Crippen LogP contribution is 2.25. The van der Waals surface area contributed by atoms with Crippen LogP contribution in [0.4, 0.5) is 23.2 Å². The summed E-state index contributed by atoms with van der Waals surface area (Å²) in [6, 6.07) is 7.02. The number of aliphatic imine (C=N–C) groups is 1.